The van der Waals surface area contributed by atoms with Crippen LogP contribution in [0.3, 0.4) is 0 Å². The van der Waals surface area contributed by atoms with E-state index in [4.69, 9.17) is 0 Å². The number of hydrogen-bond acceptors (Lipinski definition) is 4. The molecule has 4 rings (SSSR count). The van der Waals surface area contributed by atoms with E-state index < -0.39 is 0 Å². The fourth-order valence-corrected chi connectivity index (χ4v) is 4.25. The Labute approximate surface area is 167 Å². The van der Waals surface area contributed by atoms with Gasteiger partial charge in [0.1, 0.15) is 17.3 Å². The summed E-state index contributed by atoms with van der Waals surface area (Å²) in [4.78, 5) is 23.7. The maximum absolute atomic E-state index is 13.3. The molecule has 2 aromatic heterocycles. The number of thioether (sulfide) groups is 1. The highest BCUT2D eigenvalue weighted by molar-refractivity contribution is 7.98. The number of fused-ring (bicyclic) bond motifs is 1. The van der Waals surface area contributed by atoms with E-state index in [-0.39, 0.29) is 11.7 Å². The third-order valence-corrected chi connectivity index (χ3v) is 5.80. The predicted molar refractivity (Wildman–Crippen MR) is 106 cm³/mol. The minimum atomic E-state index is -0.310. The molecule has 6 nitrogen and oxygen atoms in total. The molecule has 28 heavy (non-hydrogen) atoms. The first-order valence-electron chi connectivity index (χ1n) is 9.20. The lowest BCUT2D eigenvalue weighted by atomic mass is 9.97. The van der Waals surface area contributed by atoms with Gasteiger partial charge in [0, 0.05) is 44.6 Å². The topological polar surface area (TPSA) is 56.0 Å². The molecule has 146 valence electrons. The average molecular weight is 399 g/mol. The van der Waals surface area contributed by atoms with E-state index in [1.807, 2.05) is 25.7 Å². The molecular formula is C20H22FN5OS. The highest BCUT2D eigenvalue weighted by Crippen LogP contribution is 2.24. The van der Waals surface area contributed by atoms with Gasteiger partial charge in [-0.05, 0) is 42.9 Å². The van der Waals surface area contributed by atoms with Crippen molar-refractivity contribution >= 4 is 17.7 Å². The molecule has 0 N–H and O–H groups in total. The van der Waals surface area contributed by atoms with Crippen molar-refractivity contribution in [2.75, 3.05) is 19.8 Å². The van der Waals surface area contributed by atoms with Gasteiger partial charge >= 0.3 is 0 Å². The number of aryl methyl sites for hydroxylation is 1. The summed E-state index contributed by atoms with van der Waals surface area (Å²) in [6, 6.07) is 6.10. The van der Waals surface area contributed by atoms with Crippen LogP contribution in [0.2, 0.25) is 0 Å². The first-order chi connectivity index (χ1) is 13.6. The second-order valence-corrected chi connectivity index (χ2v) is 7.80. The van der Waals surface area contributed by atoms with Crippen LogP contribution in [-0.4, -0.2) is 49.8 Å². The predicted octanol–water partition coefficient (Wildman–Crippen LogP) is 3.26. The first-order valence-corrected chi connectivity index (χ1v) is 10.4. The van der Waals surface area contributed by atoms with Crippen LogP contribution in [-0.2, 0) is 13.0 Å². The Hall–Kier alpha value is -2.61. The van der Waals surface area contributed by atoms with Gasteiger partial charge in [-0.1, -0.05) is 11.8 Å². The second kappa shape index (κ2) is 7.79. The van der Waals surface area contributed by atoms with E-state index in [2.05, 4.69) is 14.5 Å². The van der Waals surface area contributed by atoms with Crippen molar-refractivity contribution in [3.05, 3.63) is 60.2 Å². The van der Waals surface area contributed by atoms with Gasteiger partial charge in [-0.2, -0.15) is 0 Å². The van der Waals surface area contributed by atoms with Crippen molar-refractivity contribution in [2.24, 2.45) is 5.92 Å². The van der Waals surface area contributed by atoms with Crippen molar-refractivity contribution < 1.29 is 9.18 Å². The smallest absolute Gasteiger partial charge is 0.272 e. The van der Waals surface area contributed by atoms with E-state index in [0.29, 0.717) is 23.3 Å². The molecule has 0 unspecified atom stereocenters. The summed E-state index contributed by atoms with van der Waals surface area (Å²) in [5.41, 5.74) is 1.20. The van der Waals surface area contributed by atoms with E-state index in [9.17, 15) is 9.18 Å². The van der Waals surface area contributed by atoms with Crippen LogP contribution < -0.4 is 0 Å². The molecule has 0 fully saturated rings. The van der Waals surface area contributed by atoms with E-state index in [1.165, 1.54) is 23.9 Å². The van der Waals surface area contributed by atoms with Crippen LogP contribution in [0.1, 0.15) is 22.7 Å². The summed E-state index contributed by atoms with van der Waals surface area (Å²) in [5.74, 6) is 1.06. The molecule has 0 bridgehead atoms. The van der Waals surface area contributed by atoms with E-state index in [1.54, 1.807) is 27.8 Å². The van der Waals surface area contributed by atoms with Crippen molar-refractivity contribution in [3.8, 4) is 5.69 Å². The number of rotatable bonds is 5. The quantitative estimate of drug-likeness (QED) is 0.618. The molecule has 1 aromatic carbocycles. The van der Waals surface area contributed by atoms with Crippen LogP contribution in [0.5, 0.6) is 0 Å². The molecule has 0 spiro atoms. The molecule has 0 saturated carbocycles. The molecule has 3 aromatic rings. The van der Waals surface area contributed by atoms with Gasteiger partial charge in [0.25, 0.3) is 5.91 Å². The molecule has 1 aliphatic rings. The van der Waals surface area contributed by atoms with E-state index in [0.717, 1.165) is 30.9 Å². The number of hydrogen-bond donors (Lipinski definition) is 0. The fraction of sp³-hybridized carbons (Fsp3) is 0.350. The summed E-state index contributed by atoms with van der Waals surface area (Å²) in [6.45, 7) is 1.60. The Bertz CT molecular complexity index is 981. The Balaban J connectivity index is 1.54. The van der Waals surface area contributed by atoms with Gasteiger partial charge in [0.05, 0.1) is 6.20 Å². The Morgan fingerprint density at radius 1 is 1.32 bits per heavy atom. The lowest BCUT2D eigenvalue weighted by Gasteiger charge is -2.28. The standard InChI is InChI=1S/C20H22FN5OS/c1-24(13-14-7-9-25-10-8-22-18(25)11-14)19(27)17-12-23-20(28-2)26(17)16-5-3-15(21)4-6-16/h3-6,8,10,12,14H,7,9,11,13H2,1-2H3/t14-/m0/s1. The number of imidazole rings is 2. The van der Waals surface area contributed by atoms with Crippen LogP contribution in [0.15, 0.2) is 48.0 Å². The van der Waals surface area contributed by atoms with E-state index >= 15 is 0 Å². The number of benzene rings is 1. The maximum atomic E-state index is 13.3. The minimum Gasteiger partial charge on any atom is -0.340 e. The Morgan fingerprint density at radius 2 is 2.11 bits per heavy atom. The van der Waals surface area contributed by atoms with Crippen molar-refractivity contribution in [2.45, 2.75) is 24.5 Å². The summed E-state index contributed by atoms with van der Waals surface area (Å²) < 4.78 is 17.3. The molecule has 1 atom stereocenters. The van der Waals surface area contributed by atoms with Crippen LogP contribution in [0, 0.1) is 11.7 Å². The number of halogens is 1. The van der Waals surface area contributed by atoms with Crippen LogP contribution >= 0.6 is 11.8 Å². The number of carbonyl (C=O) groups excluding carboxylic acids is 1. The van der Waals surface area contributed by atoms with Crippen molar-refractivity contribution in [1.29, 1.82) is 0 Å². The molecule has 1 amide bonds. The summed E-state index contributed by atoms with van der Waals surface area (Å²) >= 11 is 1.45. The summed E-state index contributed by atoms with van der Waals surface area (Å²) in [6.07, 6.45) is 9.24. The van der Waals surface area contributed by atoms with Gasteiger partial charge in [-0.15, -0.1) is 0 Å². The SMILES string of the molecule is CSc1ncc(C(=O)N(C)C[C@H]2CCn3ccnc3C2)n1-c1ccc(F)cc1. The third kappa shape index (κ3) is 3.56. The zero-order valence-electron chi connectivity index (χ0n) is 15.9. The lowest BCUT2D eigenvalue weighted by molar-refractivity contribution is 0.0755. The Morgan fingerprint density at radius 3 is 2.86 bits per heavy atom. The minimum absolute atomic E-state index is 0.0916. The van der Waals surface area contributed by atoms with Gasteiger partial charge in [-0.25, -0.2) is 14.4 Å². The lowest BCUT2D eigenvalue weighted by Crippen LogP contribution is -2.35. The summed E-state index contributed by atoms with van der Waals surface area (Å²) in [5, 5.41) is 0.697. The van der Waals surface area contributed by atoms with Gasteiger partial charge in [0.15, 0.2) is 5.16 Å². The molecular weight excluding hydrogens is 377 g/mol. The highest BCUT2D eigenvalue weighted by atomic mass is 32.2. The zero-order valence-corrected chi connectivity index (χ0v) is 16.7. The van der Waals surface area contributed by atoms with Gasteiger partial charge in [-0.3, -0.25) is 9.36 Å². The molecule has 0 saturated heterocycles. The third-order valence-electron chi connectivity index (χ3n) is 5.15. The summed E-state index contributed by atoms with van der Waals surface area (Å²) in [7, 11) is 1.82. The van der Waals surface area contributed by atoms with Crippen LogP contribution in [0.25, 0.3) is 5.69 Å². The maximum Gasteiger partial charge on any atom is 0.272 e. The largest absolute Gasteiger partial charge is 0.340 e. The number of nitrogens with zero attached hydrogens (tertiary/aromatic N) is 5. The average Bonchev–Trinajstić information content (AvgIpc) is 3.34. The Kier molecular flexibility index (Phi) is 5.21. The number of aromatic nitrogens is 4. The molecule has 0 radical (unpaired) electrons. The first kappa shape index (κ1) is 18.7. The molecule has 1 aliphatic heterocycles. The number of carbonyl (C=O) groups is 1. The second-order valence-electron chi connectivity index (χ2n) is 7.02. The zero-order chi connectivity index (χ0) is 19.7. The molecule has 8 heteroatoms. The van der Waals surface area contributed by atoms with Crippen molar-refractivity contribution in [1.82, 2.24) is 24.0 Å². The van der Waals surface area contributed by atoms with Crippen molar-refractivity contribution in [3.63, 3.8) is 0 Å². The molecule has 0 aliphatic carbocycles. The number of amides is 1. The monoisotopic (exact) mass is 399 g/mol. The van der Waals surface area contributed by atoms with Gasteiger partial charge < -0.3 is 9.47 Å². The fourth-order valence-electron chi connectivity index (χ4n) is 3.71. The highest BCUT2D eigenvalue weighted by Gasteiger charge is 2.25. The van der Waals surface area contributed by atoms with Crippen LogP contribution in [0.4, 0.5) is 4.39 Å². The molecule has 3 heterocycles. The van der Waals surface area contributed by atoms with Gasteiger partial charge in [0.2, 0.25) is 0 Å². The normalized spacial score (nSPS) is 16.0.